The molecule has 3 amide bonds. The van der Waals surface area contributed by atoms with Gasteiger partial charge in [0.15, 0.2) is 11.5 Å². The van der Waals surface area contributed by atoms with E-state index >= 15 is 0 Å². The fourth-order valence-electron chi connectivity index (χ4n) is 6.20. The van der Waals surface area contributed by atoms with Gasteiger partial charge in [-0.2, -0.15) is 18.3 Å². The summed E-state index contributed by atoms with van der Waals surface area (Å²) >= 11 is 0. The van der Waals surface area contributed by atoms with Crippen molar-refractivity contribution in [1.82, 2.24) is 45.2 Å². The van der Waals surface area contributed by atoms with E-state index in [1.807, 2.05) is 43.3 Å². The molecule has 1 aliphatic rings. The fourth-order valence-corrected chi connectivity index (χ4v) is 6.20. The molecule has 0 bridgehead atoms. The van der Waals surface area contributed by atoms with Crippen molar-refractivity contribution in [1.29, 1.82) is 0 Å². The minimum absolute atomic E-state index is 0.0578. The van der Waals surface area contributed by atoms with Crippen molar-refractivity contribution in [2.24, 2.45) is 0 Å². The lowest BCUT2D eigenvalue weighted by Crippen LogP contribution is -2.40. The SMILES string of the molecule is CCNC(=O)NCCNC(=O)c1nc(NCC(c2ccccc2)c2ccccc2)c2ncn([C@@H]3C[C@H](n4cc(CO)cn4)[C@@H](O)[C@H]3O)c2n1.O=C(O)C(F)(F)F. The maximum atomic E-state index is 13.4. The molecule has 8 N–H and O–H groups in total. The number of carbonyl (C=O) groups is 3. The van der Waals surface area contributed by atoms with Crippen LogP contribution < -0.4 is 21.3 Å². The Morgan fingerprint density at radius 1 is 0.911 bits per heavy atom. The standard InChI is InChI=1S/C34H40N10O5.C2HF3O2/c1-2-35-34(49)37-14-13-36-33(48)31-41-30(38-17-24(22-9-5-3-6-10-22)23-11-7-4-8-12-23)27-32(42-31)43(20-39-27)25-15-26(29(47)28(25)46)44-18-21(19-45)16-40-44;3-2(4,5)1(6)7/h3-12,16,18,20,24-26,28-29,45-47H,2,13-15,17,19H2,1H3,(H,36,48)(H2,35,37,49)(H,38,41,42);(H,6,7)/t25-,26+,28+,29-;/m1./s1. The van der Waals surface area contributed by atoms with Crippen molar-refractivity contribution < 1.29 is 48.0 Å². The number of carboxylic acid groups (broad SMARTS) is 1. The van der Waals surface area contributed by atoms with Crippen LogP contribution in [0.5, 0.6) is 0 Å². The molecule has 0 aliphatic heterocycles. The van der Waals surface area contributed by atoms with Crippen LogP contribution in [0.1, 0.15) is 58.7 Å². The highest BCUT2D eigenvalue weighted by Crippen LogP contribution is 2.40. The zero-order valence-corrected chi connectivity index (χ0v) is 30.0. The summed E-state index contributed by atoms with van der Waals surface area (Å²) in [4.78, 5) is 47.8. The molecule has 4 atom stereocenters. The predicted molar refractivity (Wildman–Crippen MR) is 194 cm³/mol. The smallest absolute Gasteiger partial charge is 0.475 e. The largest absolute Gasteiger partial charge is 0.490 e. The topological polar surface area (TPSA) is 242 Å². The van der Waals surface area contributed by atoms with Crippen LogP contribution in [-0.2, 0) is 11.4 Å². The molecule has 3 heterocycles. The number of aliphatic hydroxyl groups excluding tert-OH is 3. The Bertz CT molecular complexity index is 2040. The van der Waals surface area contributed by atoms with E-state index in [9.17, 15) is 38.1 Å². The number of anilines is 1. The molecule has 3 aromatic heterocycles. The first-order valence-electron chi connectivity index (χ1n) is 17.5. The molecule has 0 spiro atoms. The summed E-state index contributed by atoms with van der Waals surface area (Å²) in [7, 11) is 0. The third-order valence-corrected chi connectivity index (χ3v) is 8.93. The van der Waals surface area contributed by atoms with Gasteiger partial charge in [0.1, 0.15) is 17.7 Å². The molecular weight excluding hydrogens is 741 g/mol. The molecule has 1 saturated carbocycles. The average Bonchev–Trinajstić information content (AvgIpc) is 3.91. The van der Waals surface area contributed by atoms with Gasteiger partial charge in [0.2, 0.25) is 5.82 Å². The number of alkyl halides is 3. The minimum atomic E-state index is -5.08. The number of imidazole rings is 1. The van der Waals surface area contributed by atoms with Gasteiger partial charge in [-0.25, -0.2) is 24.5 Å². The van der Waals surface area contributed by atoms with Crippen LogP contribution in [-0.4, -0.2) is 112 Å². The Morgan fingerprint density at radius 2 is 1.52 bits per heavy atom. The number of amides is 3. The lowest BCUT2D eigenvalue weighted by atomic mass is 9.91. The number of nitrogens with one attached hydrogen (secondary N) is 4. The van der Waals surface area contributed by atoms with E-state index in [4.69, 9.17) is 9.90 Å². The van der Waals surface area contributed by atoms with E-state index in [0.717, 1.165) is 11.1 Å². The second-order valence-corrected chi connectivity index (χ2v) is 12.7. The van der Waals surface area contributed by atoms with Gasteiger partial charge in [-0.3, -0.25) is 9.48 Å². The summed E-state index contributed by atoms with van der Waals surface area (Å²) < 4.78 is 34.9. The molecule has 6 rings (SSSR count). The first-order chi connectivity index (χ1) is 26.8. The second kappa shape index (κ2) is 18.5. The number of halogens is 3. The molecule has 1 fully saturated rings. The molecule has 0 radical (unpaired) electrons. The van der Waals surface area contributed by atoms with Gasteiger partial charge in [0.05, 0.1) is 31.2 Å². The monoisotopic (exact) mass is 782 g/mol. The van der Waals surface area contributed by atoms with Gasteiger partial charge in [0, 0.05) is 43.9 Å². The van der Waals surface area contributed by atoms with Crippen molar-refractivity contribution >= 4 is 34.9 Å². The van der Waals surface area contributed by atoms with Crippen molar-refractivity contribution in [2.75, 3.05) is 31.5 Å². The summed E-state index contributed by atoms with van der Waals surface area (Å²) in [6, 6.07) is 18.5. The van der Waals surface area contributed by atoms with Crippen LogP contribution >= 0.6 is 0 Å². The molecule has 20 heteroatoms. The summed E-state index contributed by atoms with van der Waals surface area (Å²) in [5.41, 5.74) is 3.45. The van der Waals surface area contributed by atoms with Gasteiger partial charge in [-0.05, 0) is 24.5 Å². The average molecular weight is 783 g/mol. The molecule has 298 valence electrons. The highest BCUT2D eigenvalue weighted by molar-refractivity contribution is 5.94. The van der Waals surface area contributed by atoms with Crippen molar-refractivity contribution in [3.8, 4) is 0 Å². The number of urea groups is 1. The van der Waals surface area contributed by atoms with Crippen LogP contribution in [0, 0.1) is 0 Å². The lowest BCUT2D eigenvalue weighted by molar-refractivity contribution is -0.192. The van der Waals surface area contributed by atoms with Gasteiger partial charge in [-0.15, -0.1) is 0 Å². The van der Waals surface area contributed by atoms with Crippen molar-refractivity contribution in [3.05, 3.63) is 102 Å². The number of fused-ring (bicyclic) bond motifs is 1. The summed E-state index contributed by atoms with van der Waals surface area (Å²) in [5, 5.41) is 54.6. The summed E-state index contributed by atoms with van der Waals surface area (Å²) in [5.74, 6) is -3.17. The normalized spacial score (nSPS) is 17.9. The van der Waals surface area contributed by atoms with Gasteiger partial charge < -0.3 is 46.3 Å². The van der Waals surface area contributed by atoms with E-state index in [2.05, 4.69) is 65.6 Å². The maximum absolute atomic E-state index is 13.4. The van der Waals surface area contributed by atoms with Crippen LogP contribution in [0.2, 0.25) is 0 Å². The van der Waals surface area contributed by atoms with E-state index in [1.165, 1.54) is 12.5 Å². The Labute approximate surface area is 317 Å². The molecule has 1 aliphatic carbocycles. The number of aliphatic hydroxyl groups is 3. The van der Waals surface area contributed by atoms with Crippen molar-refractivity contribution in [3.63, 3.8) is 0 Å². The Balaban J connectivity index is 0.000000784. The number of carboxylic acids is 1. The fraction of sp³-hybridized carbons (Fsp3) is 0.361. The lowest BCUT2D eigenvalue weighted by Gasteiger charge is -2.20. The third-order valence-electron chi connectivity index (χ3n) is 8.93. The number of nitrogens with zero attached hydrogens (tertiary/aromatic N) is 6. The summed E-state index contributed by atoms with van der Waals surface area (Å²) in [6.45, 7) is 2.84. The number of benzene rings is 2. The number of rotatable bonds is 13. The quantitative estimate of drug-likeness (QED) is 0.0804. The van der Waals surface area contributed by atoms with E-state index < -0.39 is 42.3 Å². The Morgan fingerprint density at radius 3 is 2.09 bits per heavy atom. The highest BCUT2D eigenvalue weighted by Gasteiger charge is 2.44. The number of carbonyl (C=O) groups excluding carboxylic acids is 2. The maximum Gasteiger partial charge on any atom is 0.490 e. The highest BCUT2D eigenvalue weighted by atomic mass is 19.4. The Kier molecular flexibility index (Phi) is 13.5. The van der Waals surface area contributed by atoms with Gasteiger partial charge >= 0.3 is 18.2 Å². The molecule has 0 unspecified atom stereocenters. The van der Waals surface area contributed by atoms with Gasteiger partial charge in [-0.1, -0.05) is 60.7 Å². The minimum Gasteiger partial charge on any atom is -0.475 e. The summed E-state index contributed by atoms with van der Waals surface area (Å²) in [6.07, 6.45) is -2.49. The predicted octanol–water partition coefficient (Wildman–Crippen LogP) is 2.35. The van der Waals surface area contributed by atoms with Gasteiger partial charge in [0.25, 0.3) is 5.91 Å². The van der Waals surface area contributed by atoms with E-state index in [0.29, 0.717) is 35.6 Å². The number of hydrogen-bond acceptors (Lipinski definition) is 11. The number of aromatic nitrogens is 6. The van der Waals surface area contributed by atoms with E-state index in [1.54, 1.807) is 15.4 Å². The molecule has 17 nitrogen and oxygen atoms in total. The molecule has 56 heavy (non-hydrogen) atoms. The van der Waals surface area contributed by atoms with Crippen molar-refractivity contribution in [2.45, 2.75) is 56.3 Å². The molecular formula is C36H41F3N10O7. The number of hydrogen-bond donors (Lipinski definition) is 8. The first kappa shape index (κ1) is 41.1. The molecule has 2 aromatic carbocycles. The zero-order chi connectivity index (χ0) is 40.4. The van der Waals surface area contributed by atoms with Crippen LogP contribution in [0.25, 0.3) is 11.2 Å². The van der Waals surface area contributed by atoms with Crippen LogP contribution in [0.3, 0.4) is 0 Å². The van der Waals surface area contributed by atoms with Crippen LogP contribution in [0.4, 0.5) is 23.8 Å². The van der Waals surface area contributed by atoms with E-state index in [-0.39, 0.29) is 43.9 Å². The Hall–Kier alpha value is -6.12. The molecule has 5 aromatic rings. The van der Waals surface area contributed by atoms with Crippen LogP contribution in [0.15, 0.2) is 79.4 Å². The molecule has 0 saturated heterocycles. The zero-order valence-electron chi connectivity index (χ0n) is 30.0. The second-order valence-electron chi connectivity index (χ2n) is 12.7. The first-order valence-corrected chi connectivity index (χ1v) is 17.5. The third kappa shape index (κ3) is 9.94. The number of aliphatic carboxylic acids is 1.